The largest absolute Gasteiger partial charge is 0.436 e. The number of carbonyl (C=O) groups is 1. The van der Waals surface area contributed by atoms with Crippen molar-refractivity contribution in [2.24, 2.45) is 5.16 Å². The van der Waals surface area contributed by atoms with Crippen molar-refractivity contribution in [3.8, 4) is 0 Å². The molecule has 0 aromatic heterocycles. The lowest BCUT2D eigenvalue weighted by Gasteiger charge is -2.24. The molecule has 1 aromatic carbocycles. The van der Waals surface area contributed by atoms with Gasteiger partial charge in [-0.3, -0.25) is 4.84 Å². The third-order valence-corrected chi connectivity index (χ3v) is 2.40. The second-order valence-electron chi connectivity index (χ2n) is 3.60. The summed E-state index contributed by atoms with van der Waals surface area (Å²) in [5.41, 5.74) is 0.891. The standard InChI is InChI=1S/C12H14N2O3/c15-12(14-6-8-16-9-7-14)17-13-10-11-4-2-1-3-5-11/h1-5,10H,6-9H2/b13-10-. The molecule has 5 heteroatoms. The predicted molar refractivity (Wildman–Crippen MR) is 62.9 cm³/mol. The van der Waals surface area contributed by atoms with E-state index >= 15 is 0 Å². The number of hydrogen-bond donors (Lipinski definition) is 0. The highest BCUT2D eigenvalue weighted by Gasteiger charge is 2.17. The average Bonchev–Trinajstić information content (AvgIpc) is 2.41. The van der Waals surface area contributed by atoms with Crippen LogP contribution in [0.2, 0.25) is 0 Å². The molecule has 0 N–H and O–H groups in total. The summed E-state index contributed by atoms with van der Waals surface area (Å²) in [6, 6.07) is 9.46. The molecule has 0 aliphatic carbocycles. The Kier molecular flexibility index (Phi) is 4.10. The van der Waals surface area contributed by atoms with Crippen molar-refractivity contribution in [3.63, 3.8) is 0 Å². The summed E-state index contributed by atoms with van der Waals surface area (Å²) >= 11 is 0. The van der Waals surface area contributed by atoms with Crippen LogP contribution in [0.3, 0.4) is 0 Å². The van der Waals surface area contributed by atoms with Crippen molar-refractivity contribution in [1.29, 1.82) is 0 Å². The maximum atomic E-state index is 11.5. The van der Waals surface area contributed by atoms with E-state index in [4.69, 9.17) is 9.57 Å². The van der Waals surface area contributed by atoms with E-state index in [0.717, 1.165) is 5.56 Å². The molecule has 1 amide bonds. The van der Waals surface area contributed by atoms with Gasteiger partial charge >= 0.3 is 6.09 Å². The number of hydrogen-bond acceptors (Lipinski definition) is 4. The van der Waals surface area contributed by atoms with Gasteiger partial charge in [0.2, 0.25) is 0 Å². The van der Waals surface area contributed by atoms with Gasteiger partial charge in [-0.2, -0.15) is 0 Å². The molecule has 1 saturated heterocycles. The molecule has 0 radical (unpaired) electrons. The van der Waals surface area contributed by atoms with Crippen molar-refractivity contribution < 1.29 is 14.4 Å². The zero-order chi connectivity index (χ0) is 11.9. The van der Waals surface area contributed by atoms with E-state index in [0.29, 0.717) is 26.3 Å². The van der Waals surface area contributed by atoms with Crippen LogP contribution in [-0.4, -0.2) is 43.5 Å². The third kappa shape index (κ3) is 3.57. The smallest absolute Gasteiger partial charge is 0.378 e. The summed E-state index contributed by atoms with van der Waals surface area (Å²) < 4.78 is 5.14. The fourth-order valence-electron chi connectivity index (χ4n) is 1.48. The maximum absolute atomic E-state index is 11.5. The lowest BCUT2D eigenvalue weighted by molar-refractivity contribution is 0.0281. The molecule has 1 aliphatic heterocycles. The average molecular weight is 234 g/mol. The van der Waals surface area contributed by atoms with Gasteiger partial charge in [0, 0.05) is 13.1 Å². The molecule has 5 nitrogen and oxygen atoms in total. The van der Waals surface area contributed by atoms with Crippen LogP contribution in [0.5, 0.6) is 0 Å². The van der Waals surface area contributed by atoms with Gasteiger partial charge in [-0.25, -0.2) is 4.79 Å². The predicted octanol–water partition coefficient (Wildman–Crippen LogP) is 1.49. The Balaban J connectivity index is 1.81. The molecule has 0 saturated carbocycles. The van der Waals surface area contributed by atoms with Crippen molar-refractivity contribution in [2.75, 3.05) is 26.3 Å². The lowest BCUT2D eigenvalue weighted by Crippen LogP contribution is -2.40. The van der Waals surface area contributed by atoms with Crippen LogP contribution in [0.1, 0.15) is 5.56 Å². The number of carbonyl (C=O) groups excluding carboxylic acids is 1. The second kappa shape index (κ2) is 6.00. The summed E-state index contributed by atoms with van der Waals surface area (Å²) in [7, 11) is 0. The number of amides is 1. The number of nitrogens with zero attached hydrogens (tertiary/aromatic N) is 2. The van der Waals surface area contributed by atoms with Gasteiger partial charge in [-0.05, 0) is 5.56 Å². The highest BCUT2D eigenvalue weighted by molar-refractivity contribution is 5.79. The van der Waals surface area contributed by atoms with Gasteiger partial charge in [-0.15, -0.1) is 0 Å². The zero-order valence-electron chi connectivity index (χ0n) is 9.41. The van der Waals surface area contributed by atoms with Gasteiger partial charge in [-0.1, -0.05) is 35.5 Å². The van der Waals surface area contributed by atoms with E-state index in [2.05, 4.69) is 5.16 Å². The Hall–Kier alpha value is -1.88. The third-order valence-electron chi connectivity index (χ3n) is 2.40. The number of oxime groups is 1. The van der Waals surface area contributed by atoms with Crippen LogP contribution in [0.25, 0.3) is 0 Å². The van der Waals surface area contributed by atoms with Gasteiger partial charge in [0.15, 0.2) is 0 Å². The molecule has 0 bridgehead atoms. The Bertz CT molecular complexity index is 386. The first-order chi connectivity index (χ1) is 8.36. The summed E-state index contributed by atoms with van der Waals surface area (Å²) in [5.74, 6) is 0. The molecule has 0 spiro atoms. The van der Waals surface area contributed by atoms with Gasteiger partial charge in [0.05, 0.1) is 19.4 Å². The summed E-state index contributed by atoms with van der Waals surface area (Å²) in [4.78, 5) is 17.9. The van der Waals surface area contributed by atoms with Crippen molar-refractivity contribution in [3.05, 3.63) is 35.9 Å². The Labute approximate surface area is 99.6 Å². The van der Waals surface area contributed by atoms with Crippen LogP contribution in [-0.2, 0) is 9.57 Å². The van der Waals surface area contributed by atoms with E-state index in [-0.39, 0.29) is 0 Å². The Morgan fingerprint density at radius 2 is 2.00 bits per heavy atom. The summed E-state index contributed by atoms with van der Waals surface area (Å²) in [6.45, 7) is 2.22. The molecule has 1 heterocycles. The quantitative estimate of drug-likeness (QED) is 0.442. The maximum Gasteiger partial charge on any atom is 0.436 e. The topological polar surface area (TPSA) is 51.1 Å². The van der Waals surface area contributed by atoms with E-state index < -0.39 is 6.09 Å². The molecule has 2 rings (SSSR count). The van der Waals surface area contributed by atoms with Gasteiger partial charge in [0.25, 0.3) is 0 Å². The molecule has 17 heavy (non-hydrogen) atoms. The minimum absolute atomic E-state index is 0.430. The number of ether oxygens (including phenoxy) is 1. The van der Waals surface area contributed by atoms with Crippen LogP contribution in [0.15, 0.2) is 35.5 Å². The van der Waals surface area contributed by atoms with Crippen LogP contribution < -0.4 is 0 Å². The minimum atomic E-state index is -0.430. The highest BCUT2D eigenvalue weighted by atomic mass is 16.7. The van der Waals surface area contributed by atoms with Crippen molar-refractivity contribution in [2.45, 2.75) is 0 Å². The van der Waals surface area contributed by atoms with Gasteiger partial charge in [0.1, 0.15) is 0 Å². The Morgan fingerprint density at radius 3 is 2.71 bits per heavy atom. The highest BCUT2D eigenvalue weighted by Crippen LogP contribution is 2.00. The Morgan fingerprint density at radius 1 is 1.29 bits per heavy atom. The van der Waals surface area contributed by atoms with Gasteiger partial charge < -0.3 is 9.64 Å². The first kappa shape index (κ1) is 11.6. The molecule has 1 aliphatic rings. The van der Waals surface area contributed by atoms with Crippen LogP contribution in [0.4, 0.5) is 4.79 Å². The molecule has 0 unspecified atom stereocenters. The van der Waals surface area contributed by atoms with Crippen LogP contribution >= 0.6 is 0 Å². The number of morpholine rings is 1. The molecular formula is C12H14N2O3. The monoisotopic (exact) mass is 234 g/mol. The molecular weight excluding hydrogens is 220 g/mol. The van der Waals surface area contributed by atoms with Crippen molar-refractivity contribution >= 4 is 12.3 Å². The normalized spacial score (nSPS) is 16.1. The SMILES string of the molecule is O=C(O/N=C\c1ccccc1)N1CCOCC1. The number of rotatable bonds is 2. The first-order valence-corrected chi connectivity index (χ1v) is 5.48. The fourth-order valence-corrected chi connectivity index (χ4v) is 1.48. The molecule has 90 valence electrons. The van der Waals surface area contributed by atoms with E-state index in [1.165, 1.54) is 6.21 Å². The molecule has 0 atom stereocenters. The van der Waals surface area contributed by atoms with Crippen LogP contribution in [0, 0.1) is 0 Å². The fraction of sp³-hybridized carbons (Fsp3) is 0.333. The molecule has 1 fully saturated rings. The van der Waals surface area contributed by atoms with E-state index in [9.17, 15) is 4.79 Å². The molecule has 1 aromatic rings. The zero-order valence-corrected chi connectivity index (χ0v) is 9.41. The second-order valence-corrected chi connectivity index (χ2v) is 3.60. The first-order valence-electron chi connectivity index (χ1n) is 5.48. The lowest BCUT2D eigenvalue weighted by atomic mass is 10.2. The minimum Gasteiger partial charge on any atom is -0.378 e. The number of benzene rings is 1. The summed E-state index contributed by atoms with van der Waals surface area (Å²) in [5, 5.41) is 3.66. The summed E-state index contributed by atoms with van der Waals surface area (Å²) in [6.07, 6.45) is 1.08. The van der Waals surface area contributed by atoms with E-state index in [1.807, 2.05) is 30.3 Å². The van der Waals surface area contributed by atoms with Crippen molar-refractivity contribution in [1.82, 2.24) is 4.90 Å². The van der Waals surface area contributed by atoms with E-state index in [1.54, 1.807) is 4.90 Å².